The minimum absolute atomic E-state index is 0.477. The number of hydrogen-bond donors (Lipinski definition) is 1. The first-order chi connectivity index (χ1) is 10.3. The Morgan fingerprint density at radius 3 is 2.71 bits per heavy atom. The molecule has 0 saturated heterocycles. The van der Waals surface area contributed by atoms with Crippen molar-refractivity contribution in [3.05, 3.63) is 29.3 Å². The largest absolute Gasteiger partial charge is 0.493 e. The summed E-state index contributed by atoms with van der Waals surface area (Å²) < 4.78 is 5.99. The zero-order valence-electron chi connectivity index (χ0n) is 13.5. The quantitative estimate of drug-likeness (QED) is 0.865. The van der Waals surface area contributed by atoms with Crippen LogP contribution in [0.25, 0.3) is 0 Å². The topological polar surface area (TPSA) is 21.3 Å². The average molecular weight is 287 g/mol. The number of benzene rings is 1. The van der Waals surface area contributed by atoms with Crippen LogP contribution >= 0.6 is 0 Å². The Kier molecular flexibility index (Phi) is 4.84. The zero-order chi connectivity index (χ0) is 14.7. The molecule has 1 atom stereocenters. The third-order valence-electron chi connectivity index (χ3n) is 5.36. The lowest BCUT2D eigenvalue weighted by Gasteiger charge is -2.32. The van der Waals surface area contributed by atoms with Gasteiger partial charge in [-0.2, -0.15) is 0 Å². The van der Waals surface area contributed by atoms with Crippen molar-refractivity contribution in [2.45, 2.75) is 70.9 Å². The number of fused-ring (bicyclic) bond motifs is 1. The van der Waals surface area contributed by atoms with E-state index in [-0.39, 0.29) is 0 Å². The van der Waals surface area contributed by atoms with Gasteiger partial charge in [0.15, 0.2) is 0 Å². The van der Waals surface area contributed by atoms with Gasteiger partial charge in [0.05, 0.1) is 6.61 Å². The van der Waals surface area contributed by atoms with Crippen LogP contribution in [-0.2, 0) is 0 Å². The third-order valence-corrected chi connectivity index (χ3v) is 5.36. The number of aryl methyl sites for hydroxylation is 1. The molecule has 2 aliphatic rings. The van der Waals surface area contributed by atoms with Crippen LogP contribution in [0.3, 0.4) is 0 Å². The van der Waals surface area contributed by atoms with Crippen molar-refractivity contribution in [3.8, 4) is 5.75 Å². The number of nitrogens with one attached hydrogen (secondary N) is 1. The van der Waals surface area contributed by atoms with E-state index in [9.17, 15) is 0 Å². The van der Waals surface area contributed by atoms with Crippen molar-refractivity contribution >= 4 is 0 Å². The molecule has 1 aliphatic heterocycles. The minimum atomic E-state index is 0.477. The molecule has 1 N–H and O–H groups in total. The summed E-state index contributed by atoms with van der Waals surface area (Å²) >= 11 is 0. The van der Waals surface area contributed by atoms with Crippen LogP contribution in [0.5, 0.6) is 5.75 Å². The van der Waals surface area contributed by atoms with E-state index in [1.807, 2.05) is 0 Å². The molecule has 1 unspecified atom stereocenters. The van der Waals surface area contributed by atoms with E-state index in [1.54, 1.807) is 0 Å². The van der Waals surface area contributed by atoms with Gasteiger partial charge in [-0.1, -0.05) is 31.5 Å². The van der Waals surface area contributed by atoms with Gasteiger partial charge in [0, 0.05) is 17.6 Å². The van der Waals surface area contributed by atoms with Crippen molar-refractivity contribution in [1.82, 2.24) is 5.32 Å². The summed E-state index contributed by atoms with van der Waals surface area (Å²) in [6.45, 7) is 5.35. The smallest absolute Gasteiger partial charge is 0.126 e. The highest BCUT2D eigenvalue weighted by Gasteiger charge is 2.26. The molecule has 3 rings (SSSR count). The van der Waals surface area contributed by atoms with Crippen molar-refractivity contribution in [2.75, 3.05) is 6.61 Å². The highest BCUT2D eigenvalue weighted by molar-refractivity contribution is 5.43. The fourth-order valence-corrected chi connectivity index (χ4v) is 3.96. The van der Waals surface area contributed by atoms with Gasteiger partial charge in [-0.15, -0.1) is 0 Å². The van der Waals surface area contributed by atoms with Crippen molar-refractivity contribution < 1.29 is 4.74 Å². The van der Waals surface area contributed by atoms with Gasteiger partial charge in [0.1, 0.15) is 5.75 Å². The second-order valence-electron chi connectivity index (χ2n) is 6.83. The Morgan fingerprint density at radius 2 is 1.95 bits per heavy atom. The fraction of sp³-hybridized carbons (Fsp3) is 0.684. The molecule has 1 aromatic carbocycles. The van der Waals surface area contributed by atoms with Crippen LogP contribution in [0.2, 0.25) is 0 Å². The van der Waals surface area contributed by atoms with Crippen LogP contribution in [0.1, 0.15) is 69.0 Å². The molecule has 0 amide bonds. The summed E-state index contributed by atoms with van der Waals surface area (Å²) in [4.78, 5) is 0. The summed E-state index contributed by atoms with van der Waals surface area (Å²) in [5.41, 5.74) is 2.65. The van der Waals surface area contributed by atoms with Crippen molar-refractivity contribution in [1.29, 1.82) is 0 Å². The van der Waals surface area contributed by atoms with E-state index in [2.05, 4.69) is 37.4 Å². The summed E-state index contributed by atoms with van der Waals surface area (Å²) in [7, 11) is 0. The average Bonchev–Trinajstić information content (AvgIpc) is 2.72. The predicted molar refractivity (Wildman–Crippen MR) is 87.8 cm³/mol. The van der Waals surface area contributed by atoms with Gasteiger partial charge in [0.25, 0.3) is 0 Å². The highest BCUT2D eigenvalue weighted by Crippen LogP contribution is 2.36. The Labute approximate surface area is 129 Å². The van der Waals surface area contributed by atoms with Crippen LogP contribution in [-0.4, -0.2) is 12.6 Å². The Hall–Kier alpha value is -1.02. The fourth-order valence-electron chi connectivity index (χ4n) is 3.96. The zero-order valence-corrected chi connectivity index (χ0v) is 13.5. The molecule has 21 heavy (non-hydrogen) atoms. The first kappa shape index (κ1) is 14.9. The van der Waals surface area contributed by atoms with E-state index in [1.165, 1.54) is 49.7 Å². The molecule has 2 heteroatoms. The van der Waals surface area contributed by atoms with Gasteiger partial charge >= 0.3 is 0 Å². The second-order valence-corrected chi connectivity index (χ2v) is 6.83. The van der Waals surface area contributed by atoms with E-state index in [0.29, 0.717) is 12.1 Å². The van der Waals surface area contributed by atoms with Gasteiger partial charge in [-0.05, 0) is 56.9 Å². The maximum Gasteiger partial charge on any atom is 0.126 e. The molecule has 0 aromatic heterocycles. The third kappa shape index (κ3) is 3.42. The lowest BCUT2D eigenvalue weighted by Crippen LogP contribution is -2.36. The van der Waals surface area contributed by atoms with E-state index in [4.69, 9.17) is 4.74 Å². The van der Waals surface area contributed by atoms with E-state index < -0.39 is 0 Å². The first-order valence-electron chi connectivity index (χ1n) is 8.76. The van der Waals surface area contributed by atoms with Crippen LogP contribution in [0.4, 0.5) is 0 Å². The molecule has 0 bridgehead atoms. The van der Waals surface area contributed by atoms with Crippen molar-refractivity contribution in [2.24, 2.45) is 5.92 Å². The monoisotopic (exact) mass is 287 g/mol. The van der Waals surface area contributed by atoms with Gasteiger partial charge in [0.2, 0.25) is 0 Å². The molecule has 1 aromatic rings. The lowest BCUT2D eigenvalue weighted by molar-refractivity contribution is 0.264. The number of ether oxygens (including phenoxy) is 1. The maximum absolute atomic E-state index is 5.99. The van der Waals surface area contributed by atoms with Gasteiger partial charge in [-0.3, -0.25) is 0 Å². The molecular weight excluding hydrogens is 258 g/mol. The lowest BCUT2D eigenvalue weighted by atomic mass is 9.84. The SMILES string of the molecule is CCC1CCC(NC2CCCOc3c(C)cccc32)CC1. The van der Waals surface area contributed by atoms with Crippen molar-refractivity contribution in [3.63, 3.8) is 0 Å². The molecule has 1 aliphatic carbocycles. The Balaban J connectivity index is 1.70. The molecule has 116 valence electrons. The summed E-state index contributed by atoms with van der Waals surface area (Å²) in [6, 6.07) is 7.76. The maximum atomic E-state index is 5.99. The Morgan fingerprint density at radius 1 is 1.14 bits per heavy atom. The predicted octanol–water partition coefficient (Wildman–Crippen LogP) is 4.77. The Bertz CT molecular complexity index is 463. The van der Waals surface area contributed by atoms with Crippen LogP contribution < -0.4 is 10.1 Å². The minimum Gasteiger partial charge on any atom is -0.493 e. The second kappa shape index (κ2) is 6.83. The van der Waals surface area contributed by atoms with Gasteiger partial charge in [-0.25, -0.2) is 0 Å². The first-order valence-corrected chi connectivity index (χ1v) is 8.76. The highest BCUT2D eigenvalue weighted by atomic mass is 16.5. The summed E-state index contributed by atoms with van der Waals surface area (Å²) in [5, 5.41) is 3.95. The number of rotatable bonds is 3. The molecule has 1 heterocycles. The van der Waals surface area contributed by atoms with Crippen LogP contribution in [0, 0.1) is 12.8 Å². The van der Waals surface area contributed by atoms with Crippen LogP contribution in [0.15, 0.2) is 18.2 Å². The standard InChI is InChI=1S/C19H29NO/c1-3-15-9-11-16(12-10-15)20-18-8-5-13-21-19-14(2)6-4-7-17(18)19/h4,6-7,15-16,18,20H,3,5,8-13H2,1-2H3. The van der Waals surface area contributed by atoms with Gasteiger partial charge < -0.3 is 10.1 Å². The van der Waals surface area contributed by atoms with E-state index in [0.717, 1.165) is 24.7 Å². The molecule has 1 fully saturated rings. The normalized spacial score (nSPS) is 29.3. The van der Waals surface area contributed by atoms with E-state index >= 15 is 0 Å². The number of hydrogen-bond acceptors (Lipinski definition) is 2. The summed E-state index contributed by atoms with van der Waals surface area (Å²) in [5.74, 6) is 2.10. The molecule has 0 radical (unpaired) electrons. The summed E-state index contributed by atoms with van der Waals surface area (Å²) in [6.07, 6.45) is 9.19. The molecule has 0 spiro atoms. The molecular formula is C19H29NO. The molecule has 2 nitrogen and oxygen atoms in total. The molecule has 1 saturated carbocycles. The number of para-hydroxylation sites is 1.